The van der Waals surface area contributed by atoms with Crippen LogP contribution in [0.3, 0.4) is 0 Å². The van der Waals surface area contributed by atoms with Crippen LogP contribution in [0.15, 0.2) is 162 Å². The first-order chi connectivity index (χ1) is 31.1. The summed E-state index contributed by atoms with van der Waals surface area (Å²) in [4.78, 5) is 28.2. The van der Waals surface area contributed by atoms with Crippen molar-refractivity contribution in [3.8, 4) is 22.6 Å². The molecule has 1 aliphatic heterocycles. The van der Waals surface area contributed by atoms with Gasteiger partial charge in [-0.25, -0.2) is 18.4 Å². The van der Waals surface area contributed by atoms with E-state index in [0.29, 0.717) is 16.7 Å². The number of nitro groups is 1. The third-order valence-corrected chi connectivity index (χ3v) is 13.6. The van der Waals surface area contributed by atoms with Gasteiger partial charge in [-0.1, -0.05) is 72.8 Å². The molecule has 1 aromatic heterocycles. The monoisotopic (exact) mass is 894 g/mol. The van der Waals surface area contributed by atoms with Gasteiger partial charge in [-0.3, -0.25) is 19.7 Å². The van der Waals surface area contributed by atoms with Gasteiger partial charge in [-0.05, 0) is 110 Å². The number of rotatable bonds is 18. The van der Waals surface area contributed by atoms with Gasteiger partial charge in [0.25, 0.3) is 15.7 Å². The Kier molecular flexibility index (Phi) is 14.0. The van der Waals surface area contributed by atoms with Crippen LogP contribution in [0, 0.1) is 10.1 Å². The summed E-state index contributed by atoms with van der Waals surface area (Å²) in [5, 5.41) is 16.2. The average molecular weight is 895 g/mol. The summed E-state index contributed by atoms with van der Waals surface area (Å²) in [6, 6.07) is 46.0. The maximum Gasteiger partial charge on any atom is 0.293 e. The molecule has 1 saturated heterocycles. The highest BCUT2D eigenvalue weighted by molar-refractivity contribution is 7.99. The quantitative estimate of drug-likeness (QED) is 0.0481. The number of para-hydroxylation sites is 1. The molecule has 0 spiro atoms. The lowest BCUT2D eigenvalue weighted by Gasteiger charge is -2.36. The average Bonchev–Trinajstić information content (AvgIpc) is 3.31. The van der Waals surface area contributed by atoms with Gasteiger partial charge in [-0.15, -0.1) is 11.8 Å². The molecular formula is C49H50N8O5S2. The summed E-state index contributed by atoms with van der Waals surface area (Å²) in [6.45, 7) is 4.74. The van der Waals surface area contributed by atoms with Crippen molar-refractivity contribution in [3.63, 3.8) is 0 Å². The standard InChI is InChI=1S/C49H50N8O5S2/c1-54(2)25-24-38(34-63-42-16-10-5-11-17-42)52-46-23-20-43(32-48(46)57(58)59)64(60,61)53-49-45-21-18-39(31-47(45)50-35-51-49)56-28-26-55(27-29-56)33-37-30-41(62-40-14-8-4-9-15-40)19-22-44(37)36-12-6-3-7-13-36/h3-23,30-32,35,38,52H,24-29,33-34H2,1-2H3,(H,50,51,53). The summed E-state index contributed by atoms with van der Waals surface area (Å²) in [6.07, 6.45) is 2.04. The van der Waals surface area contributed by atoms with Crippen LogP contribution in [-0.2, 0) is 16.6 Å². The van der Waals surface area contributed by atoms with Crippen molar-refractivity contribution in [2.75, 3.05) is 67.5 Å². The first-order valence-electron chi connectivity index (χ1n) is 21.1. The minimum Gasteiger partial charge on any atom is -0.457 e. The summed E-state index contributed by atoms with van der Waals surface area (Å²) >= 11 is 1.66. The van der Waals surface area contributed by atoms with Crippen LogP contribution >= 0.6 is 11.8 Å². The topological polar surface area (TPSA) is 146 Å². The fourth-order valence-electron chi connectivity index (χ4n) is 7.70. The van der Waals surface area contributed by atoms with Gasteiger partial charge in [0.1, 0.15) is 23.5 Å². The largest absolute Gasteiger partial charge is 0.457 e. The van der Waals surface area contributed by atoms with Gasteiger partial charge in [-0.2, -0.15) is 0 Å². The Labute approximate surface area is 378 Å². The van der Waals surface area contributed by atoms with Gasteiger partial charge in [0, 0.05) is 66.6 Å². The van der Waals surface area contributed by atoms with Crippen LogP contribution in [0.1, 0.15) is 12.0 Å². The first-order valence-corrected chi connectivity index (χ1v) is 23.6. The smallest absolute Gasteiger partial charge is 0.293 e. The molecule has 6 aromatic carbocycles. The highest BCUT2D eigenvalue weighted by atomic mass is 32.2. The minimum atomic E-state index is -4.28. The molecule has 328 valence electrons. The molecule has 1 atom stereocenters. The van der Waals surface area contributed by atoms with Gasteiger partial charge in [0.15, 0.2) is 5.82 Å². The SMILES string of the molecule is CN(C)CCC(CSc1ccccc1)Nc1ccc(S(=O)(=O)Nc2ncnc3cc(N4CCN(Cc5cc(Oc6ccccc6)ccc5-c5ccccc5)CC4)ccc23)cc1[N+](=O)[O-]. The highest BCUT2D eigenvalue weighted by Gasteiger charge is 2.25. The third kappa shape index (κ3) is 11.2. The Balaban J connectivity index is 0.941. The molecule has 2 N–H and O–H groups in total. The van der Waals surface area contributed by atoms with Crippen LogP contribution in [0.2, 0.25) is 0 Å². The molecule has 1 fully saturated rings. The van der Waals surface area contributed by atoms with Crippen molar-refractivity contribution in [1.82, 2.24) is 19.8 Å². The number of thioether (sulfide) groups is 1. The predicted molar refractivity (Wildman–Crippen MR) is 257 cm³/mol. The van der Waals surface area contributed by atoms with Crippen molar-refractivity contribution in [2.45, 2.75) is 28.8 Å². The van der Waals surface area contributed by atoms with Crippen LogP contribution in [0.4, 0.5) is 22.9 Å². The zero-order valence-electron chi connectivity index (χ0n) is 35.7. The zero-order chi connectivity index (χ0) is 44.5. The molecule has 0 radical (unpaired) electrons. The second kappa shape index (κ2) is 20.3. The number of nitro benzene ring substituents is 1. The molecule has 0 amide bonds. The number of anilines is 3. The molecule has 1 aliphatic rings. The number of piperazine rings is 1. The normalized spacial score (nSPS) is 13.8. The molecule has 1 unspecified atom stereocenters. The van der Waals surface area contributed by atoms with E-state index in [2.05, 4.69) is 71.1 Å². The Hall–Kier alpha value is -6.52. The van der Waals surface area contributed by atoms with Crippen molar-refractivity contribution >= 4 is 55.6 Å². The second-order valence-corrected chi connectivity index (χ2v) is 18.7. The molecule has 13 nitrogen and oxygen atoms in total. The number of nitrogens with zero attached hydrogens (tertiary/aromatic N) is 6. The van der Waals surface area contributed by atoms with Gasteiger partial charge in [0.2, 0.25) is 0 Å². The lowest BCUT2D eigenvalue weighted by atomic mass is 9.98. The molecule has 0 aliphatic carbocycles. The van der Waals surface area contributed by atoms with Gasteiger partial charge in [0.05, 0.1) is 15.3 Å². The number of sulfonamides is 1. The molecule has 2 heterocycles. The first kappa shape index (κ1) is 44.1. The third-order valence-electron chi connectivity index (χ3n) is 11.1. The fourth-order valence-corrected chi connectivity index (χ4v) is 9.74. The number of ether oxygens (including phenoxy) is 1. The van der Waals surface area contributed by atoms with Gasteiger partial charge < -0.3 is 19.9 Å². The molecule has 0 bridgehead atoms. The van der Waals surface area contributed by atoms with Crippen LogP contribution in [0.25, 0.3) is 22.0 Å². The fraction of sp³-hybridized carbons (Fsp3) is 0.224. The highest BCUT2D eigenvalue weighted by Crippen LogP contribution is 2.34. The Morgan fingerprint density at radius 1 is 0.812 bits per heavy atom. The molecule has 15 heteroatoms. The van der Waals surface area contributed by atoms with E-state index < -0.39 is 14.9 Å². The summed E-state index contributed by atoms with van der Waals surface area (Å²) in [7, 11) is -0.328. The summed E-state index contributed by atoms with van der Waals surface area (Å²) in [5.41, 5.74) is 4.97. The number of hydrogen-bond donors (Lipinski definition) is 2. The molecular weight excluding hydrogens is 845 g/mol. The Morgan fingerprint density at radius 2 is 1.53 bits per heavy atom. The molecule has 64 heavy (non-hydrogen) atoms. The van der Waals surface area contributed by atoms with Crippen molar-refractivity contribution in [2.24, 2.45) is 0 Å². The maximum atomic E-state index is 13.8. The molecule has 7 aromatic rings. The van der Waals surface area contributed by atoms with E-state index >= 15 is 0 Å². The number of hydrogen-bond acceptors (Lipinski definition) is 12. The van der Waals surface area contributed by atoms with Crippen molar-refractivity contribution in [1.29, 1.82) is 0 Å². The number of aromatic nitrogens is 2. The van der Waals surface area contributed by atoms with E-state index in [1.54, 1.807) is 11.8 Å². The number of fused-ring (bicyclic) bond motifs is 1. The zero-order valence-corrected chi connectivity index (χ0v) is 37.3. The van der Waals surface area contributed by atoms with E-state index in [4.69, 9.17) is 4.74 Å². The Bertz CT molecular complexity index is 2790. The van der Waals surface area contributed by atoms with Crippen LogP contribution in [0.5, 0.6) is 11.5 Å². The number of nitrogens with one attached hydrogen (secondary N) is 2. The van der Waals surface area contributed by atoms with Crippen molar-refractivity contribution in [3.05, 3.63) is 168 Å². The lowest BCUT2D eigenvalue weighted by Crippen LogP contribution is -2.46. The van der Waals surface area contributed by atoms with E-state index in [1.165, 1.54) is 29.6 Å². The predicted octanol–water partition coefficient (Wildman–Crippen LogP) is 9.64. The summed E-state index contributed by atoms with van der Waals surface area (Å²) in [5.74, 6) is 2.33. The Morgan fingerprint density at radius 3 is 2.25 bits per heavy atom. The number of benzene rings is 6. The van der Waals surface area contributed by atoms with E-state index in [1.807, 2.05) is 105 Å². The van der Waals surface area contributed by atoms with Gasteiger partial charge >= 0.3 is 0 Å². The molecule has 8 rings (SSSR count). The van der Waals surface area contributed by atoms with E-state index in [0.717, 1.165) is 79.4 Å². The minimum absolute atomic E-state index is 0.0839. The maximum absolute atomic E-state index is 13.8. The molecule has 0 saturated carbocycles. The summed E-state index contributed by atoms with van der Waals surface area (Å²) < 4.78 is 36.5. The second-order valence-electron chi connectivity index (χ2n) is 15.9. The van der Waals surface area contributed by atoms with Crippen molar-refractivity contribution < 1.29 is 18.1 Å². The lowest BCUT2D eigenvalue weighted by molar-refractivity contribution is -0.384. The van der Waals surface area contributed by atoms with Crippen LogP contribution in [-0.4, -0.2) is 91.7 Å². The van der Waals surface area contributed by atoms with E-state index in [9.17, 15) is 18.5 Å². The van der Waals surface area contributed by atoms with Crippen LogP contribution < -0.4 is 19.7 Å². The van der Waals surface area contributed by atoms with E-state index in [-0.39, 0.29) is 28.1 Å².